The first kappa shape index (κ1) is 15.6. The van der Waals surface area contributed by atoms with Crippen LogP contribution in [0.5, 0.6) is 5.75 Å². The van der Waals surface area contributed by atoms with Gasteiger partial charge in [-0.05, 0) is 51.0 Å². The fourth-order valence-electron chi connectivity index (χ4n) is 2.33. The fraction of sp³-hybridized carbons (Fsp3) is 0.368. The average Bonchev–Trinajstić information content (AvgIpc) is 2.44. The number of ether oxygens (including phenoxy) is 1. The Hall–Kier alpha value is -1.80. The van der Waals surface area contributed by atoms with Gasteiger partial charge in [0, 0.05) is 12.6 Å². The van der Waals surface area contributed by atoms with Crippen molar-refractivity contribution in [2.45, 2.75) is 46.4 Å². The smallest absolute Gasteiger partial charge is 0.120 e. The first-order chi connectivity index (χ1) is 10.0. The van der Waals surface area contributed by atoms with E-state index in [1.165, 1.54) is 16.7 Å². The van der Waals surface area contributed by atoms with E-state index in [4.69, 9.17) is 4.74 Å². The van der Waals surface area contributed by atoms with Crippen molar-refractivity contribution in [3.8, 4) is 5.75 Å². The molecule has 0 aliphatic heterocycles. The largest absolute Gasteiger partial charge is 0.491 e. The van der Waals surface area contributed by atoms with Crippen LogP contribution in [0.4, 0.5) is 0 Å². The molecular formula is C19H25NO. The number of aryl methyl sites for hydroxylation is 1. The topological polar surface area (TPSA) is 21.3 Å². The Bertz CT molecular complexity index is 577. The highest BCUT2D eigenvalue weighted by atomic mass is 16.5. The maximum absolute atomic E-state index is 5.73. The number of hydrogen-bond donors (Lipinski definition) is 1. The molecule has 0 bridgehead atoms. The molecule has 0 aliphatic carbocycles. The summed E-state index contributed by atoms with van der Waals surface area (Å²) in [6, 6.07) is 17.3. The van der Waals surface area contributed by atoms with Gasteiger partial charge >= 0.3 is 0 Å². The normalized spacial score (nSPS) is 12.4. The summed E-state index contributed by atoms with van der Waals surface area (Å²) >= 11 is 0. The van der Waals surface area contributed by atoms with Crippen molar-refractivity contribution in [3.63, 3.8) is 0 Å². The van der Waals surface area contributed by atoms with Crippen LogP contribution in [0.2, 0.25) is 0 Å². The first-order valence-electron chi connectivity index (χ1n) is 7.60. The number of rotatable bonds is 6. The zero-order chi connectivity index (χ0) is 15.2. The molecule has 0 saturated carbocycles. The van der Waals surface area contributed by atoms with E-state index in [2.05, 4.69) is 55.6 Å². The molecule has 2 heteroatoms. The Morgan fingerprint density at radius 1 is 1.00 bits per heavy atom. The van der Waals surface area contributed by atoms with Gasteiger partial charge < -0.3 is 10.1 Å². The quantitative estimate of drug-likeness (QED) is 0.834. The van der Waals surface area contributed by atoms with Crippen LogP contribution in [-0.4, -0.2) is 6.10 Å². The van der Waals surface area contributed by atoms with Crippen molar-refractivity contribution in [1.82, 2.24) is 5.32 Å². The zero-order valence-electron chi connectivity index (χ0n) is 13.4. The van der Waals surface area contributed by atoms with E-state index in [1.54, 1.807) is 0 Å². The third kappa shape index (κ3) is 4.91. The van der Waals surface area contributed by atoms with Gasteiger partial charge in [0.25, 0.3) is 0 Å². The van der Waals surface area contributed by atoms with Gasteiger partial charge in [0.1, 0.15) is 5.75 Å². The molecule has 1 atom stereocenters. The van der Waals surface area contributed by atoms with E-state index in [1.807, 2.05) is 26.0 Å². The van der Waals surface area contributed by atoms with Crippen molar-refractivity contribution in [2.24, 2.45) is 0 Å². The molecule has 1 N–H and O–H groups in total. The number of hydrogen-bond acceptors (Lipinski definition) is 2. The molecular weight excluding hydrogens is 258 g/mol. The van der Waals surface area contributed by atoms with Gasteiger partial charge in [-0.15, -0.1) is 0 Å². The summed E-state index contributed by atoms with van der Waals surface area (Å²) in [6.07, 6.45) is 0.208. The molecule has 2 nitrogen and oxygen atoms in total. The Kier molecular flexibility index (Phi) is 5.40. The lowest BCUT2D eigenvalue weighted by Crippen LogP contribution is -2.18. The van der Waals surface area contributed by atoms with Gasteiger partial charge in [0.15, 0.2) is 0 Å². The molecule has 0 heterocycles. The lowest BCUT2D eigenvalue weighted by molar-refractivity contribution is 0.242. The summed E-state index contributed by atoms with van der Waals surface area (Å²) in [7, 11) is 0. The minimum absolute atomic E-state index is 0.208. The Morgan fingerprint density at radius 2 is 1.76 bits per heavy atom. The van der Waals surface area contributed by atoms with Crippen LogP contribution in [0.1, 0.15) is 43.5 Å². The molecule has 0 fully saturated rings. The standard InChI is InChI=1S/C19H25NO/c1-14(2)21-19-10-6-8-17(12-19)13-20-16(4)18-9-5-7-15(3)11-18/h5-12,14,16,20H,13H2,1-4H3/t16-/m0/s1. The van der Waals surface area contributed by atoms with Crippen LogP contribution in [0.3, 0.4) is 0 Å². The van der Waals surface area contributed by atoms with Gasteiger partial charge in [-0.2, -0.15) is 0 Å². The lowest BCUT2D eigenvalue weighted by atomic mass is 10.1. The number of nitrogens with one attached hydrogen (secondary N) is 1. The van der Waals surface area contributed by atoms with Crippen LogP contribution in [0.15, 0.2) is 48.5 Å². The van der Waals surface area contributed by atoms with Crippen molar-refractivity contribution < 1.29 is 4.74 Å². The predicted molar refractivity (Wildman–Crippen MR) is 88.6 cm³/mol. The van der Waals surface area contributed by atoms with Gasteiger partial charge in [-0.25, -0.2) is 0 Å². The summed E-state index contributed by atoms with van der Waals surface area (Å²) in [5.74, 6) is 0.938. The van der Waals surface area contributed by atoms with Gasteiger partial charge in [0.2, 0.25) is 0 Å². The lowest BCUT2D eigenvalue weighted by Gasteiger charge is -2.16. The molecule has 2 rings (SSSR count). The average molecular weight is 283 g/mol. The molecule has 0 saturated heterocycles. The summed E-state index contributed by atoms with van der Waals surface area (Å²) in [6.45, 7) is 9.26. The summed E-state index contributed by atoms with van der Waals surface area (Å²) < 4.78 is 5.73. The monoisotopic (exact) mass is 283 g/mol. The molecule has 0 amide bonds. The number of benzene rings is 2. The van der Waals surface area contributed by atoms with Crippen molar-refractivity contribution >= 4 is 0 Å². The van der Waals surface area contributed by atoms with E-state index in [-0.39, 0.29) is 6.10 Å². The molecule has 0 unspecified atom stereocenters. The second kappa shape index (κ2) is 7.28. The zero-order valence-corrected chi connectivity index (χ0v) is 13.4. The second-order valence-corrected chi connectivity index (χ2v) is 5.83. The molecule has 21 heavy (non-hydrogen) atoms. The Morgan fingerprint density at radius 3 is 2.48 bits per heavy atom. The third-order valence-electron chi connectivity index (χ3n) is 3.42. The second-order valence-electron chi connectivity index (χ2n) is 5.83. The molecule has 2 aromatic rings. The Labute approximate surface area is 128 Å². The van der Waals surface area contributed by atoms with E-state index >= 15 is 0 Å². The van der Waals surface area contributed by atoms with Crippen molar-refractivity contribution in [2.75, 3.05) is 0 Å². The summed E-state index contributed by atoms with van der Waals surface area (Å²) in [5.41, 5.74) is 3.87. The first-order valence-corrected chi connectivity index (χ1v) is 7.60. The van der Waals surface area contributed by atoms with Gasteiger partial charge in [-0.1, -0.05) is 42.0 Å². The van der Waals surface area contributed by atoms with Crippen LogP contribution < -0.4 is 10.1 Å². The van der Waals surface area contributed by atoms with E-state index < -0.39 is 0 Å². The predicted octanol–water partition coefficient (Wildman–Crippen LogP) is 4.63. The minimum atomic E-state index is 0.208. The molecule has 0 aliphatic rings. The van der Waals surface area contributed by atoms with Gasteiger partial charge in [-0.3, -0.25) is 0 Å². The summed E-state index contributed by atoms with van der Waals surface area (Å²) in [4.78, 5) is 0. The molecule has 0 spiro atoms. The van der Waals surface area contributed by atoms with Crippen molar-refractivity contribution in [3.05, 3.63) is 65.2 Å². The highest BCUT2D eigenvalue weighted by Gasteiger charge is 2.05. The molecule has 0 radical (unpaired) electrons. The maximum Gasteiger partial charge on any atom is 0.120 e. The van der Waals surface area contributed by atoms with Crippen LogP contribution in [0, 0.1) is 6.92 Å². The molecule has 2 aromatic carbocycles. The van der Waals surface area contributed by atoms with E-state index in [0.29, 0.717) is 6.04 Å². The maximum atomic E-state index is 5.73. The van der Waals surface area contributed by atoms with E-state index in [9.17, 15) is 0 Å². The van der Waals surface area contributed by atoms with E-state index in [0.717, 1.165) is 12.3 Å². The van der Waals surface area contributed by atoms with Crippen LogP contribution in [-0.2, 0) is 6.54 Å². The van der Waals surface area contributed by atoms with Crippen molar-refractivity contribution in [1.29, 1.82) is 0 Å². The van der Waals surface area contributed by atoms with Gasteiger partial charge in [0.05, 0.1) is 6.10 Å². The fourth-order valence-corrected chi connectivity index (χ4v) is 2.33. The molecule has 0 aromatic heterocycles. The third-order valence-corrected chi connectivity index (χ3v) is 3.42. The molecule has 112 valence electrons. The van der Waals surface area contributed by atoms with Crippen LogP contribution in [0.25, 0.3) is 0 Å². The Balaban J connectivity index is 1.96. The van der Waals surface area contributed by atoms with Crippen LogP contribution >= 0.6 is 0 Å². The SMILES string of the molecule is Cc1cccc([C@H](C)NCc2cccc(OC(C)C)c2)c1. The highest BCUT2D eigenvalue weighted by Crippen LogP contribution is 2.17. The summed E-state index contributed by atoms with van der Waals surface area (Å²) in [5, 5.41) is 3.57. The highest BCUT2D eigenvalue weighted by molar-refractivity contribution is 5.29. The minimum Gasteiger partial charge on any atom is -0.491 e.